The number of carboxylic acids is 1. The topological polar surface area (TPSA) is 113 Å². The average molecular weight is 405 g/mol. The van der Waals surface area contributed by atoms with Gasteiger partial charge in [-0.25, -0.2) is 4.79 Å². The number of carboxylic acid groups (broad SMARTS) is 1. The van der Waals surface area contributed by atoms with E-state index in [4.69, 9.17) is 9.84 Å². The van der Waals surface area contributed by atoms with E-state index in [1.54, 1.807) is 0 Å². The summed E-state index contributed by atoms with van der Waals surface area (Å²) in [5.74, 6) is -0.703. The Morgan fingerprint density at radius 1 is 1.15 bits per heavy atom. The highest BCUT2D eigenvalue weighted by Gasteiger charge is 2.26. The molecule has 0 unspecified atom stereocenters. The summed E-state index contributed by atoms with van der Waals surface area (Å²) in [7, 11) is 0. The fraction of sp³-hybridized carbons (Fsp3) is 0.750. The van der Waals surface area contributed by atoms with Gasteiger partial charge in [0, 0.05) is 12.0 Å². The minimum Gasteiger partial charge on any atom is -0.480 e. The minimum absolute atomic E-state index is 0. The van der Waals surface area contributed by atoms with Crippen molar-refractivity contribution in [3.63, 3.8) is 0 Å². The van der Waals surface area contributed by atoms with Gasteiger partial charge in [0.25, 0.3) is 5.91 Å². The summed E-state index contributed by atoms with van der Waals surface area (Å²) in [5, 5.41) is 24.6. The minimum atomic E-state index is -0.948. The molecule has 2 aliphatic rings. The third-order valence-electron chi connectivity index (χ3n) is 4.78. The molecule has 1 saturated heterocycles. The van der Waals surface area contributed by atoms with Crippen LogP contribution in [0.5, 0.6) is 0 Å². The summed E-state index contributed by atoms with van der Waals surface area (Å²) in [5.41, 5.74) is 0. The Labute approximate surface area is 162 Å². The predicted octanol–water partition coefficient (Wildman–Crippen LogP) is 1.57. The lowest BCUT2D eigenvalue weighted by Crippen LogP contribution is -2.39. The van der Waals surface area contributed by atoms with Crippen LogP contribution in [0.2, 0.25) is 0 Å². The average Bonchev–Trinajstić information content (AvgIpc) is 3.12. The molecular weight excluding hydrogens is 380 g/mol. The van der Waals surface area contributed by atoms with Crippen LogP contribution in [0.4, 0.5) is 0 Å². The molecule has 0 aromatic carbocycles. The Kier molecular flexibility index (Phi) is 8.20. The number of aliphatic carboxylic acids is 1. The van der Waals surface area contributed by atoms with Crippen molar-refractivity contribution in [2.75, 3.05) is 19.7 Å². The molecule has 0 atom stereocenters. The quantitative estimate of drug-likeness (QED) is 0.659. The zero-order valence-electron chi connectivity index (χ0n) is 14.5. The van der Waals surface area contributed by atoms with Crippen molar-refractivity contribution in [2.24, 2.45) is 0 Å². The molecule has 146 valence electrons. The lowest BCUT2D eigenvalue weighted by atomic mass is 9.93. The molecule has 0 spiro atoms. The van der Waals surface area contributed by atoms with Crippen LogP contribution < -0.4 is 10.6 Å². The maximum Gasteiger partial charge on any atom is 0.329 e. The SMILES string of the molecule is Cl.O=C(O)CO[C@H]1CC[C@H](NC(=O)c2nnc(C3CCNCC3)s2)CC1. The first-order chi connectivity index (χ1) is 12.1. The van der Waals surface area contributed by atoms with Crippen LogP contribution in [0.3, 0.4) is 0 Å². The lowest BCUT2D eigenvalue weighted by molar-refractivity contribution is -0.145. The van der Waals surface area contributed by atoms with Gasteiger partial charge in [-0.1, -0.05) is 11.3 Å². The number of piperidine rings is 1. The number of carbonyl (C=O) groups is 2. The molecule has 1 amide bonds. The van der Waals surface area contributed by atoms with E-state index in [0.29, 0.717) is 10.9 Å². The lowest BCUT2D eigenvalue weighted by Gasteiger charge is -2.28. The normalized spacial score (nSPS) is 23.8. The summed E-state index contributed by atoms with van der Waals surface area (Å²) in [6, 6.07) is 0.0865. The van der Waals surface area contributed by atoms with Crippen molar-refractivity contribution >= 4 is 35.6 Å². The van der Waals surface area contributed by atoms with Crippen molar-refractivity contribution in [2.45, 2.75) is 56.6 Å². The van der Waals surface area contributed by atoms with Crippen molar-refractivity contribution in [1.29, 1.82) is 0 Å². The number of ether oxygens (including phenoxy) is 1. The molecule has 0 radical (unpaired) electrons. The molecule has 0 bridgehead atoms. The third kappa shape index (κ3) is 5.87. The molecule has 3 N–H and O–H groups in total. The number of nitrogens with one attached hydrogen (secondary N) is 2. The van der Waals surface area contributed by atoms with E-state index < -0.39 is 5.97 Å². The summed E-state index contributed by atoms with van der Waals surface area (Å²) in [6.07, 6.45) is 5.14. The van der Waals surface area contributed by atoms with E-state index in [9.17, 15) is 9.59 Å². The fourth-order valence-corrected chi connectivity index (χ4v) is 4.29. The summed E-state index contributed by atoms with van der Waals surface area (Å²) < 4.78 is 5.32. The largest absolute Gasteiger partial charge is 0.480 e. The zero-order chi connectivity index (χ0) is 17.6. The highest BCUT2D eigenvalue weighted by atomic mass is 35.5. The maximum atomic E-state index is 12.4. The molecule has 1 aliphatic heterocycles. The number of rotatable bonds is 6. The van der Waals surface area contributed by atoms with Crippen LogP contribution in [0.15, 0.2) is 0 Å². The third-order valence-corrected chi connectivity index (χ3v) is 5.86. The van der Waals surface area contributed by atoms with E-state index >= 15 is 0 Å². The molecule has 1 aliphatic carbocycles. The van der Waals surface area contributed by atoms with E-state index in [1.807, 2.05) is 0 Å². The molecule has 3 rings (SSSR count). The number of halogens is 1. The smallest absolute Gasteiger partial charge is 0.329 e. The van der Waals surface area contributed by atoms with Crippen LogP contribution in [-0.4, -0.2) is 59.0 Å². The van der Waals surface area contributed by atoms with Crippen LogP contribution in [0.1, 0.15) is 59.3 Å². The molecule has 10 heteroatoms. The number of aromatic nitrogens is 2. The number of amides is 1. The second-order valence-electron chi connectivity index (χ2n) is 6.62. The van der Waals surface area contributed by atoms with Gasteiger partial charge in [-0.2, -0.15) is 0 Å². The van der Waals surface area contributed by atoms with E-state index in [2.05, 4.69) is 20.8 Å². The van der Waals surface area contributed by atoms with Gasteiger partial charge in [0.05, 0.1) is 6.10 Å². The van der Waals surface area contributed by atoms with E-state index in [1.165, 1.54) is 11.3 Å². The number of nitrogens with zero attached hydrogens (tertiary/aromatic N) is 2. The molecule has 1 aromatic rings. The van der Waals surface area contributed by atoms with Gasteiger partial charge < -0.3 is 20.5 Å². The second-order valence-corrected chi connectivity index (χ2v) is 7.63. The van der Waals surface area contributed by atoms with E-state index in [-0.39, 0.29) is 37.1 Å². The number of carbonyl (C=O) groups excluding carboxylic acids is 1. The molecule has 1 aromatic heterocycles. The summed E-state index contributed by atoms with van der Waals surface area (Å²) in [4.78, 5) is 22.9. The monoisotopic (exact) mass is 404 g/mol. The highest BCUT2D eigenvalue weighted by Crippen LogP contribution is 2.28. The van der Waals surface area contributed by atoms with Crippen LogP contribution in [0, 0.1) is 0 Å². The van der Waals surface area contributed by atoms with Crippen molar-refractivity contribution in [1.82, 2.24) is 20.8 Å². The Morgan fingerprint density at radius 3 is 2.50 bits per heavy atom. The molecule has 2 heterocycles. The fourth-order valence-electron chi connectivity index (χ4n) is 3.37. The van der Waals surface area contributed by atoms with Crippen LogP contribution in [0.25, 0.3) is 0 Å². The first kappa shape index (κ1) is 21.0. The van der Waals surface area contributed by atoms with E-state index in [0.717, 1.165) is 56.6 Å². The number of hydrogen-bond donors (Lipinski definition) is 3. The molecular formula is C16H25ClN4O4S. The molecule has 2 fully saturated rings. The first-order valence-corrected chi connectivity index (χ1v) is 9.62. The van der Waals surface area contributed by atoms with Crippen LogP contribution >= 0.6 is 23.7 Å². The Balaban J connectivity index is 0.00000243. The van der Waals surface area contributed by atoms with Crippen molar-refractivity contribution < 1.29 is 19.4 Å². The summed E-state index contributed by atoms with van der Waals surface area (Å²) >= 11 is 1.40. The summed E-state index contributed by atoms with van der Waals surface area (Å²) in [6.45, 7) is 1.71. The van der Waals surface area contributed by atoms with Gasteiger partial charge in [0.2, 0.25) is 5.01 Å². The van der Waals surface area contributed by atoms with Gasteiger partial charge in [-0.05, 0) is 51.6 Å². The second kappa shape index (κ2) is 10.1. The standard InChI is InChI=1S/C16H24N4O4S.ClH/c21-13(22)9-24-12-3-1-11(2-4-12)18-14(23)16-20-19-15(25-16)10-5-7-17-8-6-10;/h10-12,17H,1-9H2,(H,18,23)(H,21,22);1H/t11-,12-;. The maximum absolute atomic E-state index is 12.4. The van der Waals surface area contributed by atoms with Crippen LogP contribution in [-0.2, 0) is 9.53 Å². The van der Waals surface area contributed by atoms with Crippen molar-refractivity contribution in [3.8, 4) is 0 Å². The highest BCUT2D eigenvalue weighted by molar-refractivity contribution is 7.13. The molecule has 1 saturated carbocycles. The van der Waals surface area contributed by atoms with Gasteiger partial charge in [-0.15, -0.1) is 22.6 Å². The van der Waals surface area contributed by atoms with Gasteiger partial charge >= 0.3 is 5.97 Å². The van der Waals surface area contributed by atoms with Crippen molar-refractivity contribution in [3.05, 3.63) is 10.0 Å². The first-order valence-electron chi connectivity index (χ1n) is 8.80. The van der Waals surface area contributed by atoms with Gasteiger partial charge in [0.15, 0.2) is 0 Å². The molecule has 8 nitrogen and oxygen atoms in total. The number of hydrogen-bond acceptors (Lipinski definition) is 7. The zero-order valence-corrected chi connectivity index (χ0v) is 16.1. The predicted molar refractivity (Wildman–Crippen MR) is 99.1 cm³/mol. The van der Waals surface area contributed by atoms with Gasteiger partial charge in [-0.3, -0.25) is 4.79 Å². The Hall–Kier alpha value is -1.29. The Morgan fingerprint density at radius 2 is 1.85 bits per heavy atom. The van der Waals surface area contributed by atoms with Gasteiger partial charge in [0.1, 0.15) is 11.6 Å². The Bertz CT molecular complexity index is 601. The molecule has 26 heavy (non-hydrogen) atoms.